The Morgan fingerprint density at radius 3 is 0.696 bits per heavy atom. The van der Waals surface area contributed by atoms with E-state index in [1.807, 2.05) is 13.8 Å². The molecule has 0 aromatic rings. The van der Waals surface area contributed by atoms with Crippen molar-refractivity contribution in [1.29, 1.82) is 0 Å². The number of alkyl halides is 2. The maximum Gasteiger partial charge on any atom is 0.0468 e. The van der Waals surface area contributed by atoms with Crippen LogP contribution >= 0.6 is 44.8 Å². The van der Waals surface area contributed by atoms with Crippen molar-refractivity contribution in [2.75, 3.05) is 0 Å². The second kappa shape index (κ2) is 41.1. The summed E-state index contributed by atoms with van der Waals surface area (Å²) in [6.45, 7) is 87.7. The third kappa shape index (κ3) is 40.9. The minimum absolute atomic E-state index is 0.00410. The minimum atomic E-state index is -0.0198. The van der Waals surface area contributed by atoms with Gasteiger partial charge in [0.1, 0.15) is 0 Å². The van der Waals surface area contributed by atoms with Crippen molar-refractivity contribution in [2.24, 2.45) is 94.6 Å². The van der Waals surface area contributed by atoms with Gasteiger partial charge < -0.3 is 0 Å². The standard InChI is InChI=1S/C86H156Cl2S2.C2H6/c1-34-69(85(30,31)58-43-36-48-75(9,10)11)60-80(20,21)62-71(87)73(64-78(16,17)53-39-37-49-76(12,13)51-41-44-55-82(24,25)66(3)4)89-90-74(65-79(18,19)54-40-38-50-77(14,15)52-42-45-56-83(26,27)67(5)6)72(88)63-81(22,23)61-70(35-2)86(32,33)59-47-46-57-84(28,29)68(7)8;1-2/h34-47,66-74H,1-2,48-65H2,3-33H3;1-2H3/b39-37+,40-38+,43-36-,44-41-,45-42-,47-46-;. The molecule has 0 fully saturated rings. The van der Waals surface area contributed by atoms with E-state index in [9.17, 15) is 0 Å². The van der Waals surface area contributed by atoms with E-state index in [-0.39, 0.29) is 75.4 Å². The zero-order valence-electron chi connectivity index (χ0n) is 68.0. The molecule has 0 aromatic heterocycles. The number of hydrogen-bond acceptors (Lipinski definition) is 2. The molecule has 6 atom stereocenters. The third-order valence-electron chi connectivity index (χ3n) is 21.9. The molecule has 4 heteroatoms. The topological polar surface area (TPSA) is 0 Å². The molecule has 0 radical (unpaired) electrons. The van der Waals surface area contributed by atoms with Crippen LogP contribution in [0.5, 0.6) is 0 Å². The highest BCUT2D eigenvalue weighted by Crippen LogP contribution is 2.52. The molecule has 0 aromatic carbocycles. The van der Waals surface area contributed by atoms with Gasteiger partial charge in [0.25, 0.3) is 0 Å². The van der Waals surface area contributed by atoms with Crippen LogP contribution in [-0.4, -0.2) is 21.3 Å². The van der Waals surface area contributed by atoms with Crippen LogP contribution in [0.3, 0.4) is 0 Å². The zero-order chi connectivity index (χ0) is 72.2. The van der Waals surface area contributed by atoms with E-state index in [1.165, 1.54) is 0 Å². The SMILES string of the molecule is C=CC(CC(C)(C)CC(Cl)C(CC(C)(C)C/C=C/CC(C)(C)C/C=C\CC(C)(C)C(C)C)SSC(CC(C)(C)C/C=C/CC(C)(C)C/C=C\CC(C)(C)C(C)C)C(Cl)CC(C)(C)CC(C=C)C(C)(C)C/C=C\CC(C)(C)C(C)C)C(C)(C)C/C=C\CC(C)(C)C.CC. The van der Waals surface area contributed by atoms with E-state index in [0.717, 1.165) is 116 Å². The fraction of sp³-hybridized carbons (Fsp3) is 0.818. The Hall–Kier alpha value is -0.800. The number of hydrogen-bond donors (Lipinski definition) is 0. The minimum Gasteiger partial charge on any atom is -0.122 e. The lowest BCUT2D eigenvalue weighted by atomic mass is 9.67. The highest BCUT2D eigenvalue weighted by molar-refractivity contribution is 8.77. The summed E-state index contributed by atoms with van der Waals surface area (Å²) in [7, 11) is 4.15. The molecule has 540 valence electrons. The van der Waals surface area contributed by atoms with E-state index in [1.54, 1.807) is 0 Å². The summed E-state index contributed by atoms with van der Waals surface area (Å²) in [6, 6.07) is 0. The molecule has 0 N–H and O–H groups in total. The monoisotopic (exact) mass is 1350 g/mol. The normalized spacial score (nSPS) is 16.7. The summed E-state index contributed by atoms with van der Waals surface area (Å²) in [5.41, 5.74) is 1.90. The van der Waals surface area contributed by atoms with E-state index < -0.39 is 0 Å². The Bertz CT molecular complexity index is 2200. The molecule has 0 saturated heterocycles. The molecule has 0 heterocycles. The molecule has 6 unspecified atom stereocenters. The second-order valence-electron chi connectivity index (χ2n) is 39.4. The Kier molecular flexibility index (Phi) is 41.6. The lowest BCUT2D eigenvalue weighted by Gasteiger charge is -2.41. The molecular weight excluding hydrogens is 1190 g/mol. The lowest BCUT2D eigenvalue weighted by Crippen LogP contribution is -2.34. The van der Waals surface area contributed by atoms with E-state index in [0.29, 0.717) is 40.4 Å². The molecule has 0 aliphatic rings. The fourth-order valence-corrected chi connectivity index (χ4v) is 17.4. The van der Waals surface area contributed by atoms with Crippen molar-refractivity contribution in [3.63, 3.8) is 0 Å². The Morgan fingerprint density at radius 2 is 0.478 bits per heavy atom. The largest absolute Gasteiger partial charge is 0.122 e. The molecule has 0 spiro atoms. The first-order chi connectivity index (χ1) is 41.6. The number of allylic oxidation sites excluding steroid dienone is 14. The molecule has 0 rings (SSSR count). The van der Waals surface area contributed by atoms with Gasteiger partial charge >= 0.3 is 0 Å². The van der Waals surface area contributed by atoms with Crippen molar-refractivity contribution >= 4 is 44.8 Å². The summed E-state index contributed by atoms with van der Waals surface area (Å²) in [6.07, 6.45) is 52.9. The van der Waals surface area contributed by atoms with Gasteiger partial charge in [-0.05, 0) is 210 Å². The summed E-state index contributed by atoms with van der Waals surface area (Å²) in [5.74, 6) is 2.69. The number of halogens is 2. The Morgan fingerprint density at radius 1 is 0.272 bits per heavy atom. The predicted molar refractivity (Wildman–Crippen MR) is 434 cm³/mol. The van der Waals surface area contributed by atoms with Crippen LogP contribution in [-0.2, 0) is 0 Å². The molecule has 0 aliphatic carbocycles. The smallest absolute Gasteiger partial charge is 0.0468 e. The molecule has 0 nitrogen and oxygen atoms in total. The van der Waals surface area contributed by atoms with Crippen LogP contribution < -0.4 is 0 Å². The Balaban J connectivity index is 0. The fourth-order valence-electron chi connectivity index (χ4n) is 11.8. The van der Waals surface area contributed by atoms with E-state index in [2.05, 4.69) is 334 Å². The van der Waals surface area contributed by atoms with Gasteiger partial charge in [-0.15, -0.1) is 36.4 Å². The van der Waals surface area contributed by atoms with E-state index >= 15 is 0 Å². The molecule has 0 aliphatic heterocycles. The van der Waals surface area contributed by atoms with Crippen molar-refractivity contribution in [3.8, 4) is 0 Å². The van der Waals surface area contributed by atoms with Crippen molar-refractivity contribution < 1.29 is 0 Å². The lowest BCUT2D eigenvalue weighted by molar-refractivity contribution is 0.167. The van der Waals surface area contributed by atoms with Crippen molar-refractivity contribution in [2.45, 2.75) is 365 Å². The summed E-state index contributed by atoms with van der Waals surface area (Å²) in [5, 5.41) is 0.418. The molecule has 0 saturated carbocycles. The Labute approximate surface area is 598 Å². The van der Waals surface area contributed by atoms with E-state index in [4.69, 9.17) is 23.2 Å². The van der Waals surface area contributed by atoms with Gasteiger partial charge in [0, 0.05) is 21.3 Å². The predicted octanol–water partition coefficient (Wildman–Crippen LogP) is 31.6. The van der Waals surface area contributed by atoms with Crippen LogP contribution in [0.2, 0.25) is 0 Å². The first-order valence-corrected chi connectivity index (χ1v) is 40.5. The first-order valence-electron chi connectivity index (χ1n) is 37.3. The van der Waals surface area contributed by atoms with Gasteiger partial charge in [0.2, 0.25) is 0 Å². The molecule has 0 amide bonds. The average molecular weight is 1360 g/mol. The first kappa shape index (κ1) is 93.3. The van der Waals surface area contributed by atoms with Gasteiger partial charge in [-0.3, -0.25) is 0 Å². The maximum absolute atomic E-state index is 8.10. The van der Waals surface area contributed by atoms with Gasteiger partial charge in [0.15, 0.2) is 0 Å². The maximum atomic E-state index is 8.10. The van der Waals surface area contributed by atoms with Gasteiger partial charge in [-0.1, -0.05) is 335 Å². The number of rotatable bonds is 47. The van der Waals surface area contributed by atoms with Crippen molar-refractivity contribution in [1.82, 2.24) is 0 Å². The summed E-state index contributed by atoms with van der Waals surface area (Å²) in [4.78, 5) is 0. The third-order valence-corrected chi connectivity index (χ3v) is 26.5. The van der Waals surface area contributed by atoms with Crippen LogP contribution in [0.25, 0.3) is 0 Å². The molecule has 92 heavy (non-hydrogen) atoms. The quantitative estimate of drug-likeness (QED) is 0.0338. The van der Waals surface area contributed by atoms with Crippen LogP contribution in [0.15, 0.2) is 98.2 Å². The van der Waals surface area contributed by atoms with Crippen LogP contribution in [0.1, 0.15) is 344 Å². The van der Waals surface area contributed by atoms with Gasteiger partial charge in [0.05, 0.1) is 0 Å². The molecule has 0 bridgehead atoms. The van der Waals surface area contributed by atoms with Gasteiger partial charge in [-0.25, -0.2) is 0 Å². The molecular formula is C88H162Cl2S2. The highest BCUT2D eigenvalue weighted by Gasteiger charge is 2.40. The highest BCUT2D eigenvalue weighted by atomic mass is 35.5. The average Bonchev–Trinajstić information content (AvgIpc) is 0.853. The zero-order valence-corrected chi connectivity index (χ0v) is 71.1. The van der Waals surface area contributed by atoms with Crippen LogP contribution in [0.4, 0.5) is 0 Å². The second-order valence-corrected chi connectivity index (χ2v) is 43.3. The van der Waals surface area contributed by atoms with Crippen LogP contribution in [0, 0.1) is 94.6 Å². The summed E-state index contributed by atoms with van der Waals surface area (Å²) >= 11 is 16.2. The summed E-state index contributed by atoms with van der Waals surface area (Å²) < 4.78 is 0. The van der Waals surface area contributed by atoms with Gasteiger partial charge in [-0.2, -0.15) is 0 Å². The van der Waals surface area contributed by atoms with Crippen molar-refractivity contribution in [3.05, 3.63) is 98.2 Å².